The SMILES string of the molecule is Fc1cc(Cl)c(Oc2ccccc2)cc1C1=[N+](S)CCN1. The Morgan fingerprint density at radius 2 is 2.00 bits per heavy atom. The van der Waals surface area contributed by atoms with E-state index >= 15 is 0 Å². The van der Waals surface area contributed by atoms with Crippen molar-refractivity contribution in [2.75, 3.05) is 13.1 Å². The summed E-state index contributed by atoms with van der Waals surface area (Å²) in [5.74, 6) is 1.25. The molecule has 0 atom stereocenters. The molecule has 0 spiro atoms. The largest absolute Gasteiger partial charge is 0.456 e. The molecule has 3 nitrogen and oxygen atoms in total. The molecule has 0 amide bonds. The van der Waals surface area contributed by atoms with Gasteiger partial charge in [0.15, 0.2) is 0 Å². The van der Waals surface area contributed by atoms with Crippen LogP contribution in [0.3, 0.4) is 0 Å². The van der Waals surface area contributed by atoms with E-state index in [2.05, 4.69) is 18.1 Å². The van der Waals surface area contributed by atoms with Crippen LogP contribution in [0.15, 0.2) is 42.5 Å². The van der Waals surface area contributed by atoms with E-state index in [-0.39, 0.29) is 5.02 Å². The average molecular weight is 324 g/mol. The number of benzene rings is 2. The van der Waals surface area contributed by atoms with Gasteiger partial charge in [0.25, 0.3) is 5.84 Å². The Bertz CT molecular complexity index is 706. The lowest BCUT2D eigenvalue weighted by molar-refractivity contribution is -0.328. The molecular formula is C15H13ClFN2OS+. The van der Waals surface area contributed by atoms with E-state index in [0.717, 1.165) is 6.54 Å². The number of rotatable bonds is 3. The molecular weight excluding hydrogens is 311 g/mol. The zero-order valence-corrected chi connectivity index (χ0v) is 12.7. The van der Waals surface area contributed by atoms with Gasteiger partial charge in [-0.2, -0.15) is 3.98 Å². The molecule has 0 fully saturated rings. The Balaban J connectivity index is 2.00. The fourth-order valence-corrected chi connectivity index (χ4v) is 2.59. The van der Waals surface area contributed by atoms with Gasteiger partial charge in [-0.25, -0.2) is 4.39 Å². The number of ether oxygens (including phenoxy) is 1. The molecule has 0 aliphatic carbocycles. The van der Waals surface area contributed by atoms with Gasteiger partial charge < -0.3 is 4.74 Å². The lowest BCUT2D eigenvalue weighted by Gasteiger charge is -2.09. The van der Waals surface area contributed by atoms with Gasteiger partial charge in [-0.1, -0.05) is 29.8 Å². The molecule has 0 saturated heterocycles. The Hall–Kier alpha value is -1.72. The van der Waals surface area contributed by atoms with Gasteiger partial charge in [-0.3, -0.25) is 5.32 Å². The van der Waals surface area contributed by atoms with Crippen molar-refractivity contribution in [3.8, 4) is 11.5 Å². The van der Waals surface area contributed by atoms with Gasteiger partial charge in [-0.15, -0.1) is 0 Å². The minimum atomic E-state index is -0.413. The molecule has 1 aliphatic heterocycles. The third-order valence-electron chi connectivity index (χ3n) is 3.12. The predicted molar refractivity (Wildman–Crippen MR) is 84.2 cm³/mol. The zero-order valence-electron chi connectivity index (χ0n) is 11.0. The van der Waals surface area contributed by atoms with Crippen molar-refractivity contribution in [1.29, 1.82) is 0 Å². The number of para-hydroxylation sites is 1. The van der Waals surface area contributed by atoms with Crippen LogP contribution >= 0.6 is 24.4 Å². The molecule has 0 saturated carbocycles. The molecule has 0 unspecified atom stereocenters. The quantitative estimate of drug-likeness (QED) is 0.667. The van der Waals surface area contributed by atoms with Gasteiger partial charge in [0.1, 0.15) is 36.0 Å². The Labute approximate surface area is 132 Å². The van der Waals surface area contributed by atoms with Crippen molar-refractivity contribution in [3.05, 3.63) is 58.9 Å². The van der Waals surface area contributed by atoms with Gasteiger partial charge >= 0.3 is 0 Å². The van der Waals surface area contributed by atoms with E-state index in [4.69, 9.17) is 16.3 Å². The van der Waals surface area contributed by atoms with Crippen LogP contribution in [0.2, 0.25) is 5.02 Å². The average Bonchev–Trinajstić information content (AvgIpc) is 2.89. The highest BCUT2D eigenvalue weighted by molar-refractivity contribution is 7.73. The molecule has 108 valence electrons. The molecule has 1 N–H and O–H groups in total. The van der Waals surface area contributed by atoms with Crippen LogP contribution < -0.4 is 10.1 Å². The molecule has 0 aromatic heterocycles. The van der Waals surface area contributed by atoms with Crippen LogP contribution in [-0.4, -0.2) is 22.9 Å². The van der Waals surface area contributed by atoms with Crippen molar-refractivity contribution in [2.24, 2.45) is 0 Å². The van der Waals surface area contributed by atoms with Gasteiger partial charge in [0.2, 0.25) is 0 Å². The van der Waals surface area contributed by atoms with E-state index in [1.54, 1.807) is 10.0 Å². The number of amidine groups is 1. The molecule has 2 aromatic carbocycles. The monoisotopic (exact) mass is 323 g/mol. The fourth-order valence-electron chi connectivity index (χ4n) is 2.12. The van der Waals surface area contributed by atoms with Crippen LogP contribution in [0, 0.1) is 5.82 Å². The van der Waals surface area contributed by atoms with Gasteiger partial charge in [-0.05, 0) is 18.2 Å². The van der Waals surface area contributed by atoms with E-state index in [9.17, 15) is 4.39 Å². The highest BCUT2D eigenvalue weighted by atomic mass is 35.5. The highest BCUT2D eigenvalue weighted by Gasteiger charge is 2.25. The van der Waals surface area contributed by atoms with Gasteiger partial charge in [0.05, 0.1) is 5.02 Å². The van der Waals surface area contributed by atoms with Crippen LogP contribution in [0.4, 0.5) is 4.39 Å². The number of hydrogen-bond acceptors (Lipinski definition) is 3. The highest BCUT2D eigenvalue weighted by Crippen LogP contribution is 2.32. The predicted octanol–water partition coefficient (Wildman–Crippen LogP) is 3.48. The maximum atomic E-state index is 14.1. The van der Waals surface area contributed by atoms with Crippen LogP contribution in [0.1, 0.15) is 5.56 Å². The summed E-state index contributed by atoms with van der Waals surface area (Å²) in [5, 5.41) is 3.33. The van der Waals surface area contributed by atoms with Crippen LogP contribution in [0.5, 0.6) is 11.5 Å². The first-order valence-electron chi connectivity index (χ1n) is 6.44. The maximum Gasteiger partial charge on any atom is 0.292 e. The zero-order chi connectivity index (χ0) is 14.8. The summed E-state index contributed by atoms with van der Waals surface area (Å²) < 4.78 is 21.5. The summed E-state index contributed by atoms with van der Waals surface area (Å²) in [6.45, 7) is 1.42. The standard InChI is InChI=1S/C15H12ClFN2OS/c16-12-9-13(17)11(15-18-6-7-19(15)21)8-14(12)20-10-4-2-1-3-5-10/h1-5,8-9,21H,6-7H2/p+1. The first kappa shape index (κ1) is 14.2. The first-order chi connectivity index (χ1) is 10.1. The van der Waals surface area contributed by atoms with E-state index in [1.165, 1.54) is 6.07 Å². The van der Waals surface area contributed by atoms with E-state index in [1.807, 2.05) is 30.3 Å². The Kier molecular flexibility index (Phi) is 4.03. The molecule has 0 bridgehead atoms. The molecule has 6 heteroatoms. The second-order valence-corrected chi connectivity index (χ2v) is 5.47. The Morgan fingerprint density at radius 3 is 2.67 bits per heavy atom. The minimum absolute atomic E-state index is 0.226. The van der Waals surface area contributed by atoms with Crippen molar-refractivity contribution in [3.63, 3.8) is 0 Å². The lowest BCUT2D eigenvalue weighted by atomic mass is 10.2. The number of nitrogens with zero attached hydrogens (tertiary/aromatic N) is 1. The van der Waals surface area contributed by atoms with E-state index < -0.39 is 5.82 Å². The molecule has 1 aliphatic rings. The van der Waals surface area contributed by atoms with Crippen LogP contribution in [0.25, 0.3) is 0 Å². The summed E-state index contributed by atoms with van der Waals surface area (Å²) in [7, 11) is 0. The molecule has 1 heterocycles. The second kappa shape index (κ2) is 5.95. The number of thiol groups is 1. The lowest BCUT2D eigenvalue weighted by Crippen LogP contribution is -2.22. The van der Waals surface area contributed by atoms with Crippen molar-refractivity contribution >= 4 is 30.3 Å². The maximum absolute atomic E-state index is 14.1. The third-order valence-corrected chi connectivity index (χ3v) is 3.82. The number of hydrogen-bond donors (Lipinski definition) is 2. The smallest absolute Gasteiger partial charge is 0.292 e. The molecule has 21 heavy (non-hydrogen) atoms. The summed E-state index contributed by atoms with van der Waals surface area (Å²) in [6, 6.07) is 12.1. The van der Waals surface area contributed by atoms with E-state index in [0.29, 0.717) is 29.4 Å². The normalized spacial score (nSPS) is 14.2. The third kappa shape index (κ3) is 2.99. The molecule has 3 rings (SSSR count). The summed E-state index contributed by atoms with van der Waals surface area (Å²) in [6.07, 6.45) is 0. The molecule has 0 radical (unpaired) electrons. The number of nitrogens with one attached hydrogen (secondary N) is 1. The number of halogens is 2. The summed E-state index contributed by atoms with van der Waals surface area (Å²) in [5.41, 5.74) is 0.387. The fraction of sp³-hybridized carbons (Fsp3) is 0.133. The van der Waals surface area contributed by atoms with Crippen molar-refractivity contribution in [1.82, 2.24) is 5.32 Å². The summed E-state index contributed by atoms with van der Waals surface area (Å²) in [4.78, 5) is 0. The first-order valence-corrected chi connectivity index (χ1v) is 7.22. The Morgan fingerprint density at radius 1 is 1.24 bits per heavy atom. The minimum Gasteiger partial charge on any atom is -0.456 e. The van der Waals surface area contributed by atoms with Crippen molar-refractivity contribution in [2.45, 2.75) is 0 Å². The topological polar surface area (TPSA) is 24.3 Å². The summed E-state index contributed by atoms with van der Waals surface area (Å²) >= 11 is 10.4. The van der Waals surface area contributed by atoms with Crippen LogP contribution in [-0.2, 0) is 0 Å². The second-order valence-electron chi connectivity index (χ2n) is 4.58. The van der Waals surface area contributed by atoms with Crippen molar-refractivity contribution < 1.29 is 13.1 Å². The van der Waals surface area contributed by atoms with Gasteiger partial charge in [0, 0.05) is 18.9 Å². The molecule has 2 aromatic rings.